The Morgan fingerprint density at radius 1 is 0.582 bits per heavy atom. The molecule has 0 spiro atoms. The van der Waals surface area contributed by atoms with Crippen LogP contribution in [0.3, 0.4) is 0 Å². The number of amides is 11. The summed E-state index contributed by atoms with van der Waals surface area (Å²) in [7, 11) is 1.86. The zero-order chi connectivity index (χ0) is 71.3. The SMILES string of the molecule is CC[C@H](NC(=O)[C@@H]1CSSC[C@H](NC(=O)[C@@H](Cc2ccccc2)NC(=O)CN2CCN(CC(N)=O)CCN(CC(N)=O)CCN(CC(N)=O)CC2)C(=O)N[C@@H](Cc2ccccc2)C(=O)N[C@H](Cc2c[nH]c3ccccc23)C(=O)N[C@@H](CCCCN)C(=O)N[C@@H]([C@@H](C)O)C(=O)N1)C(=O)O. The van der Waals surface area contributed by atoms with E-state index < -0.39 is 125 Å². The smallest absolute Gasteiger partial charge is 0.326 e. The lowest BCUT2D eigenvalue weighted by atomic mass is 10.0. The molecule has 4 aromatic rings. The van der Waals surface area contributed by atoms with Crippen molar-refractivity contribution in [1.82, 2.24) is 67.1 Å². The Morgan fingerprint density at radius 3 is 1.62 bits per heavy atom. The van der Waals surface area contributed by atoms with Crippen molar-refractivity contribution in [3.8, 4) is 0 Å². The van der Waals surface area contributed by atoms with Crippen molar-refractivity contribution in [2.45, 2.75) is 113 Å². The Morgan fingerprint density at radius 2 is 1.08 bits per heavy atom. The molecule has 19 N–H and O–H groups in total. The monoisotopic (exact) mass is 1400 g/mol. The van der Waals surface area contributed by atoms with Crippen LogP contribution >= 0.6 is 21.6 Å². The quantitative estimate of drug-likeness (QED) is 0.0211. The number of unbranched alkanes of at least 4 members (excludes halogenated alkanes) is 1. The molecule has 0 unspecified atom stereocenters. The molecule has 0 bridgehead atoms. The van der Waals surface area contributed by atoms with Gasteiger partial charge in [-0.2, -0.15) is 0 Å². The molecule has 31 nitrogen and oxygen atoms in total. The third-order valence-electron chi connectivity index (χ3n) is 16.5. The van der Waals surface area contributed by atoms with Crippen LogP contribution in [0.15, 0.2) is 91.1 Å². The molecule has 2 aliphatic rings. The van der Waals surface area contributed by atoms with Crippen LogP contribution in [0.4, 0.5) is 0 Å². The molecule has 3 heterocycles. The minimum Gasteiger partial charge on any atom is -0.480 e. The van der Waals surface area contributed by atoms with Crippen molar-refractivity contribution < 1.29 is 67.7 Å². The van der Waals surface area contributed by atoms with Gasteiger partial charge in [-0.3, -0.25) is 72.3 Å². The lowest BCUT2D eigenvalue weighted by molar-refractivity contribution is -0.142. The summed E-state index contributed by atoms with van der Waals surface area (Å²) in [5.41, 5.74) is 25.2. The number of para-hydroxylation sites is 1. The number of primary amides is 3. The van der Waals surface area contributed by atoms with Gasteiger partial charge in [0, 0.05) is 100 Å². The third-order valence-corrected chi connectivity index (χ3v) is 18.9. The highest BCUT2D eigenvalue weighted by Crippen LogP contribution is 2.25. The third kappa shape index (κ3) is 26.3. The molecule has 1 aromatic heterocycles. The summed E-state index contributed by atoms with van der Waals surface area (Å²) in [6, 6.07) is 12.5. The number of carbonyl (C=O) groups is 12. The molecule has 2 aliphatic heterocycles. The van der Waals surface area contributed by atoms with Gasteiger partial charge in [-0.15, -0.1) is 0 Å². The van der Waals surface area contributed by atoms with E-state index in [0.29, 0.717) is 53.5 Å². The minimum atomic E-state index is -1.76. The van der Waals surface area contributed by atoms with Gasteiger partial charge in [0.05, 0.1) is 32.3 Å². The largest absolute Gasteiger partial charge is 0.480 e. The molecule has 2 fully saturated rings. The number of hydrogen-bond acceptors (Lipinski definition) is 20. The first-order chi connectivity index (χ1) is 46.9. The van der Waals surface area contributed by atoms with Crippen LogP contribution in [0, 0.1) is 0 Å². The Labute approximate surface area is 576 Å². The van der Waals surface area contributed by atoms with E-state index in [1.165, 1.54) is 13.8 Å². The second kappa shape index (κ2) is 40.3. The maximum absolute atomic E-state index is 15.3. The van der Waals surface area contributed by atoms with Crippen LogP contribution in [0.1, 0.15) is 56.2 Å². The van der Waals surface area contributed by atoms with Gasteiger partial charge in [0.2, 0.25) is 65.0 Å². The zero-order valence-electron chi connectivity index (χ0n) is 55.1. The number of nitrogens with zero attached hydrogens (tertiary/aromatic N) is 4. The average molecular weight is 1400 g/mol. The fraction of sp³-hybridized carbons (Fsp3) is 0.508. The van der Waals surface area contributed by atoms with Crippen molar-refractivity contribution >= 4 is 103 Å². The maximum atomic E-state index is 15.3. The standard InChI is InChI=1S/C65H93N17O14S2/c1-3-45(65(95)96)72-62(92)52-39-98-97-38-51(76-59(89)48(30-41-14-6-4-7-15-41)71-56(87)37-82-28-26-80(35-54(68)85)24-22-79(34-53(67)84)23-25-81(27-29-82)36-55(69)86)63(93)74-49(31-42-16-8-5-9-17-42)60(90)75-50(32-43-33-70-46-19-11-10-18-44(43)46)61(91)73-47(20-12-13-21-66)58(88)78-57(40(2)83)64(94)77-52/h4-11,14-19,33,40,45,47-52,57,70,83H,3,12-13,20-32,34-39,66H2,1-2H3,(H2,67,84)(H2,68,85)(H2,69,86)(H,71,87)(H,72,92)(H,73,91)(H,74,93)(H,75,90)(H,76,89)(H,77,94)(H,78,88)(H,95,96)/t40-,45+,47+,48-,49+,50-,51+,52+,57+/m1/s1. The van der Waals surface area contributed by atoms with Gasteiger partial charge in [0.1, 0.15) is 48.3 Å². The summed E-state index contributed by atoms with van der Waals surface area (Å²) in [6.07, 6.45) is 0.235. The van der Waals surface area contributed by atoms with Crippen LogP contribution in [0.2, 0.25) is 0 Å². The number of nitrogens with one attached hydrogen (secondary N) is 9. The number of benzene rings is 3. The second-order valence-corrected chi connectivity index (χ2v) is 26.8. The number of aromatic amines is 1. The van der Waals surface area contributed by atoms with Crippen LogP contribution in [-0.4, -0.2) is 257 Å². The first-order valence-electron chi connectivity index (χ1n) is 32.5. The fourth-order valence-electron chi connectivity index (χ4n) is 11.1. The second-order valence-electron chi connectivity index (χ2n) is 24.3. The number of nitrogens with two attached hydrogens (primary N) is 4. The average Bonchev–Trinajstić information content (AvgIpc) is 1.60. The number of aromatic nitrogens is 1. The Balaban J connectivity index is 1.39. The molecule has 33 heteroatoms. The Kier molecular flexibility index (Phi) is 32.2. The number of carbonyl (C=O) groups excluding carboxylic acids is 11. The number of carboxylic acids is 1. The van der Waals surface area contributed by atoms with Crippen molar-refractivity contribution in [3.05, 3.63) is 108 Å². The Hall–Kier alpha value is -8.70. The highest BCUT2D eigenvalue weighted by molar-refractivity contribution is 8.76. The Bertz CT molecular complexity index is 3320. The maximum Gasteiger partial charge on any atom is 0.326 e. The fourth-order valence-corrected chi connectivity index (χ4v) is 13.5. The van der Waals surface area contributed by atoms with Gasteiger partial charge >= 0.3 is 5.97 Å². The topological polar surface area (TPSA) is 474 Å². The van der Waals surface area contributed by atoms with Crippen LogP contribution < -0.4 is 65.5 Å². The molecular weight excluding hydrogens is 1310 g/mol. The van der Waals surface area contributed by atoms with Gasteiger partial charge in [-0.1, -0.05) is 107 Å². The normalized spacial score (nSPS) is 21.7. The highest BCUT2D eigenvalue weighted by atomic mass is 33.1. The predicted molar refractivity (Wildman–Crippen MR) is 369 cm³/mol. The number of aliphatic carboxylic acids is 1. The van der Waals surface area contributed by atoms with Crippen molar-refractivity contribution in [1.29, 1.82) is 0 Å². The number of aliphatic hydroxyl groups is 1. The molecule has 534 valence electrons. The molecule has 2 saturated heterocycles. The number of carboxylic acid groups (broad SMARTS) is 1. The minimum absolute atomic E-state index is 0.0316. The number of aliphatic hydroxyl groups excluding tert-OH is 1. The predicted octanol–water partition coefficient (Wildman–Crippen LogP) is -3.85. The van der Waals surface area contributed by atoms with Crippen molar-refractivity contribution in [2.75, 3.05) is 96.6 Å². The first kappa shape index (κ1) is 78.3. The number of hydrogen-bond donors (Lipinski definition) is 15. The zero-order valence-corrected chi connectivity index (χ0v) is 56.8. The lowest BCUT2D eigenvalue weighted by Gasteiger charge is -2.33. The summed E-state index contributed by atoms with van der Waals surface area (Å²) in [5, 5.41) is 43.3. The molecule has 98 heavy (non-hydrogen) atoms. The van der Waals surface area contributed by atoms with Crippen LogP contribution in [0.5, 0.6) is 0 Å². The molecule has 0 saturated carbocycles. The summed E-state index contributed by atoms with van der Waals surface area (Å²) < 4.78 is 0. The summed E-state index contributed by atoms with van der Waals surface area (Å²) in [5.74, 6) is -10.9. The summed E-state index contributed by atoms with van der Waals surface area (Å²) >= 11 is 0. The van der Waals surface area contributed by atoms with Crippen LogP contribution in [-0.2, 0) is 76.8 Å². The summed E-state index contributed by atoms with van der Waals surface area (Å²) in [4.78, 5) is 177. The molecule has 0 radical (unpaired) electrons. The van der Waals surface area contributed by atoms with Gasteiger partial charge in [0.25, 0.3) is 0 Å². The van der Waals surface area contributed by atoms with Gasteiger partial charge in [0.15, 0.2) is 0 Å². The molecule has 0 aliphatic carbocycles. The van der Waals surface area contributed by atoms with Gasteiger partial charge in [-0.05, 0) is 61.9 Å². The number of H-pyrrole nitrogens is 1. The van der Waals surface area contributed by atoms with Crippen LogP contribution in [0.25, 0.3) is 10.9 Å². The molecule has 11 amide bonds. The number of rotatable bonds is 26. The van der Waals surface area contributed by atoms with E-state index in [-0.39, 0.29) is 116 Å². The molecule has 6 rings (SSSR count). The lowest BCUT2D eigenvalue weighted by Crippen LogP contribution is -2.62. The van der Waals surface area contributed by atoms with E-state index in [1.54, 1.807) is 92.5 Å². The van der Waals surface area contributed by atoms with Crippen molar-refractivity contribution in [2.24, 2.45) is 22.9 Å². The van der Waals surface area contributed by atoms with Gasteiger partial charge in [-0.25, -0.2) is 4.79 Å². The first-order valence-corrected chi connectivity index (χ1v) is 35.0. The van der Waals surface area contributed by atoms with E-state index in [1.807, 2.05) is 18.2 Å². The van der Waals surface area contributed by atoms with E-state index in [4.69, 9.17) is 22.9 Å². The number of fused-ring (bicyclic) bond motifs is 1. The van der Waals surface area contributed by atoms with Gasteiger partial charge < -0.3 is 80.7 Å². The molecular formula is C65H93N17O14S2. The van der Waals surface area contributed by atoms with Crippen molar-refractivity contribution in [3.63, 3.8) is 0 Å². The molecule has 9 atom stereocenters. The highest BCUT2D eigenvalue weighted by Gasteiger charge is 2.37. The van der Waals surface area contributed by atoms with E-state index in [9.17, 15) is 53.4 Å². The van der Waals surface area contributed by atoms with E-state index in [0.717, 1.165) is 21.6 Å². The molecule has 3 aromatic carbocycles. The van der Waals surface area contributed by atoms with E-state index in [2.05, 4.69) is 47.5 Å². The van der Waals surface area contributed by atoms with E-state index >= 15 is 14.4 Å². The summed E-state index contributed by atoms with van der Waals surface area (Å²) in [6.45, 7) is 4.19.